The SMILES string of the molecule is COC(=O)C1=C(C)N=C2S[C@H](C)C(=O)N2[C@@H]1c1ccc(Cl)cc1. The lowest BCUT2D eigenvalue weighted by molar-refractivity contribution is -0.137. The fourth-order valence-electron chi connectivity index (χ4n) is 2.73. The number of carbonyl (C=O) groups is 2. The maximum absolute atomic E-state index is 12.6. The molecule has 120 valence electrons. The second-order valence-corrected chi connectivity index (χ2v) is 7.05. The summed E-state index contributed by atoms with van der Waals surface area (Å²) in [6.45, 7) is 3.59. The molecule has 0 saturated carbocycles. The fraction of sp³-hybridized carbons (Fsp3) is 0.312. The highest BCUT2D eigenvalue weighted by Gasteiger charge is 2.46. The van der Waals surface area contributed by atoms with E-state index in [0.717, 1.165) is 5.56 Å². The Morgan fingerprint density at radius 3 is 2.61 bits per heavy atom. The third-order valence-corrected chi connectivity index (χ3v) is 5.16. The van der Waals surface area contributed by atoms with Crippen LogP contribution >= 0.6 is 23.4 Å². The molecule has 2 aliphatic heterocycles. The van der Waals surface area contributed by atoms with E-state index in [1.807, 2.05) is 19.1 Å². The molecule has 23 heavy (non-hydrogen) atoms. The van der Waals surface area contributed by atoms with Crippen LogP contribution < -0.4 is 0 Å². The van der Waals surface area contributed by atoms with E-state index < -0.39 is 12.0 Å². The molecule has 0 aliphatic carbocycles. The van der Waals surface area contributed by atoms with Crippen molar-refractivity contribution in [3.05, 3.63) is 46.1 Å². The Labute approximate surface area is 143 Å². The average molecular weight is 351 g/mol. The molecule has 0 N–H and O–H groups in total. The van der Waals surface area contributed by atoms with Gasteiger partial charge in [0.2, 0.25) is 5.91 Å². The summed E-state index contributed by atoms with van der Waals surface area (Å²) >= 11 is 7.35. The number of ether oxygens (including phenoxy) is 1. The van der Waals surface area contributed by atoms with E-state index in [2.05, 4.69) is 4.99 Å². The Kier molecular flexibility index (Phi) is 4.21. The van der Waals surface area contributed by atoms with Gasteiger partial charge in [0.25, 0.3) is 0 Å². The summed E-state index contributed by atoms with van der Waals surface area (Å²) < 4.78 is 4.91. The molecule has 2 heterocycles. The first-order valence-corrected chi connectivity index (χ1v) is 8.32. The highest BCUT2D eigenvalue weighted by atomic mass is 35.5. The van der Waals surface area contributed by atoms with Crippen molar-refractivity contribution >= 4 is 40.4 Å². The largest absolute Gasteiger partial charge is 0.466 e. The lowest BCUT2D eigenvalue weighted by atomic mass is 9.94. The Hall–Kier alpha value is -1.79. The second kappa shape index (κ2) is 6.02. The van der Waals surface area contributed by atoms with Gasteiger partial charge in [0, 0.05) is 5.02 Å². The van der Waals surface area contributed by atoms with Gasteiger partial charge in [-0.1, -0.05) is 35.5 Å². The molecule has 2 aliphatic rings. The molecule has 1 aromatic rings. The molecular formula is C16H15ClN2O3S. The van der Waals surface area contributed by atoms with Crippen molar-refractivity contribution in [2.24, 2.45) is 4.99 Å². The summed E-state index contributed by atoms with van der Waals surface area (Å²) in [6.07, 6.45) is 0. The predicted octanol–water partition coefficient (Wildman–Crippen LogP) is 3.16. The van der Waals surface area contributed by atoms with Crippen molar-refractivity contribution in [3.8, 4) is 0 Å². The molecular weight excluding hydrogens is 336 g/mol. The van der Waals surface area contributed by atoms with Crippen molar-refractivity contribution in [1.82, 2.24) is 4.90 Å². The summed E-state index contributed by atoms with van der Waals surface area (Å²) in [7, 11) is 1.32. The van der Waals surface area contributed by atoms with Gasteiger partial charge in [-0.25, -0.2) is 9.79 Å². The number of methoxy groups -OCH3 is 1. The smallest absolute Gasteiger partial charge is 0.338 e. The van der Waals surface area contributed by atoms with Crippen LogP contribution in [0.3, 0.4) is 0 Å². The third kappa shape index (κ3) is 2.66. The molecule has 2 atom stereocenters. The lowest BCUT2D eigenvalue weighted by Crippen LogP contribution is -2.40. The van der Waals surface area contributed by atoms with Gasteiger partial charge in [0.15, 0.2) is 5.17 Å². The second-order valence-electron chi connectivity index (χ2n) is 5.31. The molecule has 3 rings (SSSR count). The Balaban J connectivity index is 2.17. The van der Waals surface area contributed by atoms with E-state index in [4.69, 9.17) is 16.3 Å². The van der Waals surface area contributed by atoms with E-state index in [9.17, 15) is 9.59 Å². The fourth-order valence-corrected chi connectivity index (χ4v) is 3.89. The summed E-state index contributed by atoms with van der Waals surface area (Å²) in [6, 6.07) is 6.56. The molecule has 1 amide bonds. The van der Waals surface area contributed by atoms with E-state index in [1.54, 1.807) is 24.0 Å². The van der Waals surface area contributed by atoms with Crippen LogP contribution in [0.25, 0.3) is 0 Å². The van der Waals surface area contributed by atoms with Crippen molar-refractivity contribution in [2.45, 2.75) is 25.1 Å². The number of amides is 1. The van der Waals surface area contributed by atoms with Crippen LogP contribution in [0, 0.1) is 0 Å². The van der Waals surface area contributed by atoms with Crippen LogP contribution in [0.15, 0.2) is 40.5 Å². The lowest BCUT2D eigenvalue weighted by Gasteiger charge is -2.32. The first kappa shape index (κ1) is 16.1. The van der Waals surface area contributed by atoms with Gasteiger partial charge >= 0.3 is 5.97 Å². The number of carbonyl (C=O) groups excluding carboxylic acids is 2. The van der Waals surface area contributed by atoms with Gasteiger partial charge in [0.05, 0.1) is 29.7 Å². The normalized spacial score (nSPS) is 23.7. The highest BCUT2D eigenvalue weighted by Crippen LogP contribution is 2.43. The molecule has 0 aromatic heterocycles. The number of rotatable bonds is 2. The number of hydrogen-bond acceptors (Lipinski definition) is 5. The van der Waals surface area contributed by atoms with Crippen molar-refractivity contribution in [2.75, 3.05) is 7.11 Å². The molecule has 1 fully saturated rings. The Morgan fingerprint density at radius 1 is 1.35 bits per heavy atom. The van der Waals surface area contributed by atoms with Gasteiger partial charge in [-0.2, -0.15) is 0 Å². The molecule has 1 saturated heterocycles. The van der Waals surface area contributed by atoms with Gasteiger partial charge in [-0.15, -0.1) is 0 Å². The van der Waals surface area contributed by atoms with Crippen LogP contribution in [0.1, 0.15) is 25.5 Å². The van der Waals surface area contributed by atoms with Gasteiger partial charge in [-0.05, 0) is 31.5 Å². The van der Waals surface area contributed by atoms with Crippen LogP contribution in [0.4, 0.5) is 0 Å². The predicted molar refractivity (Wildman–Crippen MR) is 90.2 cm³/mol. The van der Waals surface area contributed by atoms with Crippen LogP contribution in [-0.2, 0) is 14.3 Å². The third-order valence-electron chi connectivity index (χ3n) is 3.85. The van der Waals surface area contributed by atoms with Crippen LogP contribution in [0.2, 0.25) is 5.02 Å². The van der Waals surface area contributed by atoms with Gasteiger partial charge in [0.1, 0.15) is 0 Å². The first-order valence-electron chi connectivity index (χ1n) is 7.07. The number of hydrogen-bond donors (Lipinski definition) is 0. The van der Waals surface area contributed by atoms with Gasteiger partial charge < -0.3 is 4.74 Å². The zero-order valence-corrected chi connectivity index (χ0v) is 14.4. The zero-order valence-electron chi connectivity index (χ0n) is 12.9. The van der Waals surface area contributed by atoms with E-state index in [1.165, 1.54) is 18.9 Å². The summed E-state index contributed by atoms with van der Waals surface area (Å²) in [5.74, 6) is -0.551. The monoisotopic (exact) mass is 350 g/mol. The minimum Gasteiger partial charge on any atom is -0.466 e. The highest BCUT2D eigenvalue weighted by molar-refractivity contribution is 8.15. The number of allylic oxidation sites excluding steroid dienone is 1. The minimum atomic E-state index is -0.544. The van der Waals surface area contributed by atoms with Crippen molar-refractivity contribution in [1.29, 1.82) is 0 Å². The molecule has 1 aromatic carbocycles. The summed E-state index contributed by atoms with van der Waals surface area (Å²) in [5, 5.41) is 0.982. The number of amidine groups is 1. The van der Waals surface area contributed by atoms with Crippen molar-refractivity contribution < 1.29 is 14.3 Å². The first-order chi connectivity index (χ1) is 10.9. The molecule has 7 heteroatoms. The number of aliphatic imine (C=N–C) groups is 1. The van der Waals surface area contributed by atoms with Crippen molar-refractivity contribution in [3.63, 3.8) is 0 Å². The maximum Gasteiger partial charge on any atom is 0.338 e. The maximum atomic E-state index is 12.6. The zero-order chi connectivity index (χ0) is 16.7. The molecule has 5 nitrogen and oxygen atoms in total. The number of nitrogens with zero attached hydrogens (tertiary/aromatic N) is 2. The number of thioether (sulfide) groups is 1. The minimum absolute atomic E-state index is 0.0670. The quantitative estimate of drug-likeness (QED) is 0.769. The Bertz CT molecular complexity index is 742. The summed E-state index contributed by atoms with van der Waals surface area (Å²) in [4.78, 5) is 30.9. The molecule has 0 radical (unpaired) electrons. The molecule has 0 spiro atoms. The number of esters is 1. The Morgan fingerprint density at radius 2 is 2.00 bits per heavy atom. The van der Waals surface area contributed by atoms with Crippen LogP contribution in [-0.4, -0.2) is 34.3 Å². The molecule has 0 unspecified atom stereocenters. The van der Waals surface area contributed by atoms with Gasteiger partial charge in [-0.3, -0.25) is 9.69 Å². The van der Waals surface area contributed by atoms with E-state index in [-0.39, 0.29) is 11.2 Å². The number of fused-ring (bicyclic) bond motifs is 1. The standard InChI is InChI=1S/C16H15ClN2O3S/c1-8-12(15(21)22-3)13(10-4-6-11(17)7-5-10)19-14(20)9(2)23-16(19)18-8/h4-7,9,13H,1-3H3/t9-,13-/m1/s1. The van der Waals surface area contributed by atoms with E-state index in [0.29, 0.717) is 21.5 Å². The molecule has 0 bridgehead atoms. The van der Waals surface area contributed by atoms with E-state index >= 15 is 0 Å². The number of halogens is 1. The topological polar surface area (TPSA) is 59.0 Å². The average Bonchev–Trinajstić information content (AvgIpc) is 2.80. The number of benzene rings is 1. The van der Waals surface area contributed by atoms with Crippen LogP contribution in [0.5, 0.6) is 0 Å². The summed E-state index contributed by atoms with van der Waals surface area (Å²) in [5.41, 5.74) is 1.74.